The lowest BCUT2D eigenvalue weighted by atomic mass is 10.1. The Morgan fingerprint density at radius 2 is 1.76 bits per heavy atom. The summed E-state index contributed by atoms with van der Waals surface area (Å²) in [4.78, 5) is 38.8. The summed E-state index contributed by atoms with van der Waals surface area (Å²) in [7, 11) is 0. The van der Waals surface area contributed by atoms with Gasteiger partial charge in [0.25, 0.3) is 0 Å². The minimum absolute atomic E-state index is 0.0448. The lowest BCUT2D eigenvalue weighted by Gasteiger charge is -2.21. The number of rotatable bonds is 6. The fraction of sp³-hybridized carbons (Fsp3) is 0.348. The molecule has 2 aromatic carbocycles. The van der Waals surface area contributed by atoms with Gasteiger partial charge in [0.1, 0.15) is 0 Å². The molecule has 0 radical (unpaired) electrons. The van der Waals surface area contributed by atoms with E-state index in [0.717, 1.165) is 23.2 Å². The minimum atomic E-state index is -0.421. The van der Waals surface area contributed by atoms with E-state index in [4.69, 9.17) is 4.74 Å². The molecule has 0 aromatic heterocycles. The summed E-state index contributed by atoms with van der Waals surface area (Å²) in [6.07, 6.45) is 0.945. The zero-order chi connectivity index (χ0) is 21.0. The molecule has 0 bridgehead atoms. The van der Waals surface area contributed by atoms with Crippen LogP contribution in [0.5, 0.6) is 0 Å². The predicted molar refractivity (Wildman–Crippen MR) is 112 cm³/mol. The van der Waals surface area contributed by atoms with Crippen LogP contribution in [0.4, 0.5) is 11.4 Å². The van der Waals surface area contributed by atoms with Crippen LogP contribution in [0.25, 0.3) is 0 Å². The summed E-state index contributed by atoms with van der Waals surface area (Å²) in [5.41, 5.74) is 3.95. The zero-order valence-electron chi connectivity index (χ0n) is 17.0. The van der Waals surface area contributed by atoms with Crippen molar-refractivity contribution in [3.63, 3.8) is 0 Å². The second kappa shape index (κ2) is 8.90. The van der Waals surface area contributed by atoms with Gasteiger partial charge in [0.15, 0.2) is 0 Å². The van der Waals surface area contributed by atoms with Gasteiger partial charge in [0.05, 0.1) is 18.1 Å². The van der Waals surface area contributed by atoms with Crippen LogP contribution in [0.3, 0.4) is 0 Å². The first kappa shape index (κ1) is 20.6. The third-order valence-electron chi connectivity index (χ3n) is 5.03. The van der Waals surface area contributed by atoms with E-state index in [-0.39, 0.29) is 24.2 Å². The van der Waals surface area contributed by atoms with Crippen molar-refractivity contribution in [2.24, 2.45) is 5.92 Å². The zero-order valence-corrected chi connectivity index (χ0v) is 17.0. The van der Waals surface area contributed by atoms with Gasteiger partial charge in [-0.15, -0.1) is 0 Å². The lowest BCUT2D eigenvalue weighted by Crippen LogP contribution is -2.29. The Hall–Kier alpha value is -3.15. The Morgan fingerprint density at radius 3 is 2.38 bits per heavy atom. The van der Waals surface area contributed by atoms with Crippen molar-refractivity contribution in [1.82, 2.24) is 0 Å². The number of aryl methyl sites for hydroxylation is 2. The number of amides is 2. The van der Waals surface area contributed by atoms with Crippen LogP contribution in [0.1, 0.15) is 41.3 Å². The highest BCUT2D eigenvalue weighted by molar-refractivity contribution is 6.04. The van der Waals surface area contributed by atoms with Gasteiger partial charge in [-0.3, -0.25) is 9.59 Å². The molecule has 6 nitrogen and oxygen atoms in total. The number of hydrogen-bond acceptors (Lipinski definition) is 4. The Morgan fingerprint density at radius 1 is 1.10 bits per heavy atom. The van der Waals surface area contributed by atoms with Crippen LogP contribution in [0.2, 0.25) is 0 Å². The third-order valence-corrected chi connectivity index (χ3v) is 5.03. The second-order valence-electron chi connectivity index (χ2n) is 7.35. The molecule has 1 atom stereocenters. The van der Waals surface area contributed by atoms with Crippen molar-refractivity contribution in [3.8, 4) is 0 Å². The molecule has 2 amide bonds. The molecule has 0 saturated carbocycles. The Kier molecular flexibility index (Phi) is 6.32. The minimum Gasteiger partial charge on any atom is -0.462 e. The maximum absolute atomic E-state index is 12.7. The van der Waals surface area contributed by atoms with Crippen LogP contribution >= 0.6 is 0 Å². The number of nitrogens with one attached hydrogen (secondary N) is 1. The van der Waals surface area contributed by atoms with E-state index in [0.29, 0.717) is 24.4 Å². The quantitative estimate of drug-likeness (QED) is 0.755. The van der Waals surface area contributed by atoms with Crippen LogP contribution < -0.4 is 10.2 Å². The molecule has 0 unspecified atom stereocenters. The van der Waals surface area contributed by atoms with Crippen molar-refractivity contribution in [2.75, 3.05) is 23.4 Å². The topological polar surface area (TPSA) is 75.7 Å². The number of carbonyl (C=O) groups excluding carboxylic acids is 3. The van der Waals surface area contributed by atoms with Gasteiger partial charge < -0.3 is 15.0 Å². The smallest absolute Gasteiger partial charge is 0.338 e. The van der Waals surface area contributed by atoms with Crippen molar-refractivity contribution in [3.05, 3.63) is 59.2 Å². The molecule has 29 heavy (non-hydrogen) atoms. The van der Waals surface area contributed by atoms with Crippen LogP contribution in [-0.4, -0.2) is 30.9 Å². The average Bonchev–Trinajstić information content (AvgIpc) is 3.08. The largest absolute Gasteiger partial charge is 0.462 e. The highest BCUT2D eigenvalue weighted by atomic mass is 16.5. The van der Waals surface area contributed by atoms with Crippen LogP contribution in [0, 0.1) is 19.8 Å². The Labute approximate surface area is 170 Å². The van der Waals surface area contributed by atoms with Gasteiger partial charge >= 0.3 is 5.97 Å². The summed E-state index contributed by atoms with van der Waals surface area (Å²) >= 11 is 0. The summed E-state index contributed by atoms with van der Waals surface area (Å²) in [6.45, 7) is 6.61. The number of para-hydroxylation sites is 1. The fourth-order valence-corrected chi connectivity index (χ4v) is 3.54. The van der Waals surface area contributed by atoms with E-state index in [1.165, 1.54) is 0 Å². The first-order valence-electron chi connectivity index (χ1n) is 9.85. The number of ether oxygens (including phenoxy) is 1. The van der Waals surface area contributed by atoms with E-state index in [1.807, 2.05) is 39.0 Å². The Bertz CT molecular complexity index is 901. The molecule has 1 aliphatic heterocycles. The van der Waals surface area contributed by atoms with E-state index < -0.39 is 5.92 Å². The van der Waals surface area contributed by atoms with Crippen molar-refractivity contribution in [2.45, 2.75) is 33.6 Å². The lowest BCUT2D eigenvalue weighted by molar-refractivity contribution is -0.122. The number of benzene rings is 2. The maximum Gasteiger partial charge on any atom is 0.338 e. The molecule has 1 N–H and O–H groups in total. The second-order valence-corrected chi connectivity index (χ2v) is 7.35. The van der Waals surface area contributed by atoms with Gasteiger partial charge in [-0.25, -0.2) is 4.79 Å². The molecule has 1 heterocycles. The van der Waals surface area contributed by atoms with Gasteiger partial charge in [0, 0.05) is 24.3 Å². The molecule has 0 spiro atoms. The molecular formula is C23H26N2O4. The molecule has 1 saturated heterocycles. The summed E-state index contributed by atoms with van der Waals surface area (Å²) in [6, 6.07) is 12.5. The first-order chi connectivity index (χ1) is 13.9. The SMILES string of the molecule is CCCOC(=O)c1ccc(NC(=O)[C@@H]2CC(=O)N(c3c(C)cccc3C)C2)cc1. The summed E-state index contributed by atoms with van der Waals surface area (Å²) < 4.78 is 5.10. The predicted octanol–water partition coefficient (Wildman–Crippen LogP) is 3.86. The maximum atomic E-state index is 12.7. The molecule has 152 valence electrons. The molecule has 3 rings (SSSR count). The number of hydrogen-bond donors (Lipinski definition) is 1. The van der Waals surface area contributed by atoms with Crippen molar-refractivity contribution in [1.29, 1.82) is 0 Å². The number of anilines is 2. The number of carbonyl (C=O) groups is 3. The molecule has 0 aliphatic carbocycles. The van der Waals surface area contributed by atoms with Gasteiger partial charge in [-0.1, -0.05) is 25.1 Å². The molecule has 6 heteroatoms. The van der Waals surface area contributed by atoms with Crippen LogP contribution in [0.15, 0.2) is 42.5 Å². The Balaban J connectivity index is 1.64. The van der Waals surface area contributed by atoms with E-state index in [1.54, 1.807) is 29.2 Å². The highest BCUT2D eigenvalue weighted by Gasteiger charge is 2.36. The van der Waals surface area contributed by atoms with Gasteiger partial charge in [-0.2, -0.15) is 0 Å². The van der Waals surface area contributed by atoms with Crippen molar-refractivity contribution >= 4 is 29.2 Å². The first-order valence-corrected chi connectivity index (χ1v) is 9.85. The molecule has 1 fully saturated rings. The van der Waals surface area contributed by atoms with Crippen LogP contribution in [-0.2, 0) is 14.3 Å². The summed E-state index contributed by atoms with van der Waals surface area (Å²) in [5.74, 6) is -1.05. The summed E-state index contributed by atoms with van der Waals surface area (Å²) in [5, 5.41) is 2.85. The highest BCUT2D eigenvalue weighted by Crippen LogP contribution is 2.31. The van der Waals surface area contributed by atoms with Gasteiger partial charge in [0.2, 0.25) is 11.8 Å². The molecule has 2 aromatic rings. The fourth-order valence-electron chi connectivity index (χ4n) is 3.54. The normalized spacial score (nSPS) is 16.0. The number of esters is 1. The van der Waals surface area contributed by atoms with Crippen molar-refractivity contribution < 1.29 is 19.1 Å². The molecule has 1 aliphatic rings. The standard InChI is InChI=1S/C23H26N2O4/c1-4-12-29-23(28)17-8-10-19(11-9-17)24-22(27)18-13-20(26)25(14-18)21-15(2)6-5-7-16(21)3/h5-11,18H,4,12-14H2,1-3H3,(H,24,27)/t18-/m1/s1. The van der Waals surface area contributed by atoms with Gasteiger partial charge in [-0.05, 0) is 55.7 Å². The molecular weight excluding hydrogens is 368 g/mol. The van der Waals surface area contributed by atoms with E-state index in [2.05, 4.69) is 5.32 Å². The third kappa shape index (κ3) is 4.65. The number of nitrogens with zero attached hydrogens (tertiary/aromatic N) is 1. The van der Waals surface area contributed by atoms with E-state index in [9.17, 15) is 14.4 Å². The average molecular weight is 394 g/mol. The van der Waals surface area contributed by atoms with E-state index >= 15 is 0 Å². The monoisotopic (exact) mass is 394 g/mol.